The molecule has 0 unspecified atom stereocenters. The number of rotatable bonds is 5. The Kier molecular flexibility index (Phi) is 3.45. The maximum atomic E-state index is 5.43. The molecule has 4 heterocycles. The molecule has 1 saturated carbocycles. The van der Waals surface area contributed by atoms with Crippen molar-refractivity contribution in [1.82, 2.24) is 20.1 Å². The molecule has 25 heavy (non-hydrogen) atoms. The van der Waals surface area contributed by atoms with Crippen molar-refractivity contribution in [2.45, 2.75) is 25.3 Å². The van der Waals surface area contributed by atoms with Gasteiger partial charge in [0.25, 0.3) is 0 Å². The minimum Gasteiger partial charge on any atom is -0.362 e. The van der Waals surface area contributed by atoms with Crippen LogP contribution in [0.1, 0.15) is 30.2 Å². The van der Waals surface area contributed by atoms with Crippen LogP contribution in [0.5, 0.6) is 0 Å². The molecule has 6 nitrogen and oxygen atoms in total. The van der Waals surface area contributed by atoms with Crippen LogP contribution in [-0.4, -0.2) is 20.1 Å². The van der Waals surface area contributed by atoms with Gasteiger partial charge in [-0.15, -0.1) is 11.3 Å². The van der Waals surface area contributed by atoms with E-state index in [0.29, 0.717) is 18.3 Å². The van der Waals surface area contributed by atoms with E-state index in [-0.39, 0.29) is 0 Å². The summed E-state index contributed by atoms with van der Waals surface area (Å²) < 4.78 is 5.43. The molecular weight excluding hydrogens is 334 g/mol. The molecule has 0 atom stereocenters. The van der Waals surface area contributed by atoms with Gasteiger partial charge in [0.15, 0.2) is 11.6 Å². The summed E-state index contributed by atoms with van der Waals surface area (Å²) in [6.45, 7) is 0.545. The van der Waals surface area contributed by atoms with Crippen molar-refractivity contribution in [3.63, 3.8) is 0 Å². The highest BCUT2D eigenvalue weighted by molar-refractivity contribution is 7.16. The summed E-state index contributed by atoms with van der Waals surface area (Å²) in [5, 5.41) is 10.5. The molecule has 0 radical (unpaired) electrons. The lowest BCUT2D eigenvalue weighted by atomic mass is 10.2. The van der Waals surface area contributed by atoms with Crippen molar-refractivity contribution in [1.29, 1.82) is 0 Å². The highest BCUT2D eigenvalue weighted by Gasteiger charge is 2.27. The monoisotopic (exact) mass is 349 g/mol. The Hall–Kier alpha value is -2.80. The first kappa shape index (κ1) is 14.5. The third-order valence-electron chi connectivity index (χ3n) is 4.22. The Morgan fingerprint density at radius 3 is 3.00 bits per heavy atom. The fraction of sp³-hybridized carbons (Fsp3) is 0.222. The molecule has 1 aliphatic rings. The second kappa shape index (κ2) is 5.93. The molecule has 4 aromatic rings. The maximum absolute atomic E-state index is 5.43. The van der Waals surface area contributed by atoms with Crippen molar-refractivity contribution >= 4 is 27.4 Å². The number of hydrogen-bond acceptors (Lipinski definition) is 7. The molecular formula is C18H15N5OS. The third-order valence-corrected chi connectivity index (χ3v) is 5.03. The van der Waals surface area contributed by atoms with Crippen LogP contribution >= 0.6 is 11.3 Å². The summed E-state index contributed by atoms with van der Waals surface area (Å²) in [7, 11) is 0. The van der Waals surface area contributed by atoms with Crippen molar-refractivity contribution < 1.29 is 4.52 Å². The van der Waals surface area contributed by atoms with Crippen molar-refractivity contribution in [3.05, 3.63) is 53.4 Å². The van der Waals surface area contributed by atoms with Gasteiger partial charge in [-0.2, -0.15) is 0 Å². The van der Waals surface area contributed by atoms with E-state index >= 15 is 0 Å². The van der Waals surface area contributed by atoms with Gasteiger partial charge in [0.05, 0.1) is 17.6 Å². The zero-order valence-electron chi connectivity index (χ0n) is 13.3. The van der Waals surface area contributed by atoms with Crippen molar-refractivity contribution in [2.75, 3.05) is 5.32 Å². The first-order valence-electron chi connectivity index (χ1n) is 8.23. The smallest absolute Gasteiger partial charge is 0.181 e. The summed E-state index contributed by atoms with van der Waals surface area (Å²) in [6, 6.07) is 9.80. The Morgan fingerprint density at radius 2 is 2.16 bits per heavy atom. The number of nitrogens with zero attached hydrogens (tertiary/aromatic N) is 4. The normalized spacial score (nSPS) is 14.1. The number of hydrogen-bond donors (Lipinski definition) is 1. The van der Waals surface area contributed by atoms with E-state index in [0.717, 1.165) is 33.2 Å². The van der Waals surface area contributed by atoms with Crippen LogP contribution in [-0.2, 0) is 6.54 Å². The molecule has 0 spiro atoms. The van der Waals surface area contributed by atoms with E-state index in [9.17, 15) is 0 Å². The van der Waals surface area contributed by atoms with Crippen LogP contribution in [0.15, 0.2) is 46.4 Å². The van der Waals surface area contributed by atoms with Crippen LogP contribution in [0.25, 0.3) is 21.7 Å². The second-order valence-corrected chi connectivity index (χ2v) is 6.99. The second-order valence-electron chi connectivity index (χ2n) is 6.10. The minimum atomic E-state index is 0.545. The van der Waals surface area contributed by atoms with E-state index in [1.54, 1.807) is 17.5 Å². The van der Waals surface area contributed by atoms with Gasteiger partial charge >= 0.3 is 0 Å². The lowest BCUT2D eigenvalue weighted by Gasteiger charge is -2.07. The van der Waals surface area contributed by atoms with Crippen molar-refractivity contribution in [3.8, 4) is 11.5 Å². The molecule has 124 valence electrons. The number of fused-ring (bicyclic) bond motifs is 1. The summed E-state index contributed by atoms with van der Waals surface area (Å²) in [6.07, 6.45) is 4.18. The highest BCUT2D eigenvalue weighted by Crippen LogP contribution is 2.39. The molecule has 0 amide bonds. The molecule has 0 bridgehead atoms. The standard InChI is InChI=1S/C18H15N5OS/c1-2-7-19-14(3-1)17-21-16(13-6-8-25-18(13)22-17)20-10-12-9-15(23-24-12)11-4-5-11/h1-3,6-9,11H,4-5,10H2,(H,20,21,22). The van der Waals surface area contributed by atoms with Crippen molar-refractivity contribution in [2.24, 2.45) is 0 Å². The summed E-state index contributed by atoms with van der Waals surface area (Å²) in [5.74, 6) is 2.82. The van der Waals surface area contributed by atoms with Gasteiger partial charge in [-0.05, 0) is 36.4 Å². The number of anilines is 1. The van der Waals surface area contributed by atoms with Gasteiger partial charge < -0.3 is 9.84 Å². The van der Waals surface area contributed by atoms with Crippen LogP contribution in [0.3, 0.4) is 0 Å². The number of thiophene rings is 1. The summed E-state index contributed by atoms with van der Waals surface area (Å²) in [5.41, 5.74) is 1.82. The van der Waals surface area contributed by atoms with E-state index in [4.69, 9.17) is 4.52 Å². The molecule has 1 N–H and O–H groups in total. The molecule has 1 fully saturated rings. The third kappa shape index (κ3) is 2.87. The van der Waals surface area contributed by atoms with Gasteiger partial charge in [0, 0.05) is 18.2 Å². The zero-order valence-corrected chi connectivity index (χ0v) is 14.2. The maximum Gasteiger partial charge on any atom is 0.181 e. The average Bonchev–Trinajstić information content (AvgIpc) is 3.20. The van der Waals surface area contributed by atoms with E-state index in [1.165, 1.54) is 12.8 Å². The predicted octanol–water partition coefficient (Wildman–Crippen LogP) is 4.23. The van der Waals surface area contributed by atoms with Gasteiger partial charge in [-0.1, -0.05) is 11.2 Å². The minimum absolute atomic E-state index is 0.545. The van der Waals surface area contributed by atoms with Gasteiger partial charge in [-0.3, -0.25) is 4.98 Å². The Morgan fingerprint density at radius 1 is 1.20 bits per heavy atom. The molecule has 4 aromatic heterocycles. The Balaban J connectivity index is 1.45. The average molecular weight is 349 g/mol. The first-order valence-corrected chi connectivity index (χ1v) is 9.11. The molecule has 0 saturated heterocycles. The lowest BCUT2D eigenvalue weighted by molar-refractivity contribution is 0.381. The predicted molar refractivity (Wildman–Crippen MR) is 96.5 cm³/mol. The van der Waals surface area contributed by atoms with E-state index in [2.05, 4.69) is 25.4 Å². The summed E-state index contributed by atoms with van der Waals surface area (Å²) >= 11 is 1.59. The first-order chi connectivity index (χ1) is 12.4. The Bertz CT molecular complexity index is 1020. The molecule has 0 aromatic carbocycles. The van der Waals surface area contributed by atoms with Crippen LogP contribution in [0.2, 0.25) is 0 Å². The topological polar surface area (TPSA) is 76.7 Å². The van der Waals surface area contributed by atoms with Crippen LogP contribution in [0, 0.1) is 0 Å². The van der Waals surface area contributed by atoms with Gasteiger partial charge in [0.1, 0.15) is 16.3 Å². The Labute approximate surface area is 147 Å². The SMILES string of the molecule is c1ccc(-c2nc(NCc3cc(C4CC4)no3)c3ccsc3n2)nc1. The molecule has 5 rings (SSSR count). The fourth-order valence-corrected chi connectivity index (χ4v) is 3.52. The van der Waals surface area contributed by atoms with Gasteiger partial charge in [0.2, 0.25) is 0 Å². The van der Waals surface area contributed by atoms with E-state index in [1.807, 2.05) is 35.7 Å². The summed E-state index contributed by atoms with van der Waals surface area (Å²) in [4.78, 5) is 14.6. The largest absolute Gasteiger partial charge is 0.362 e. The molecule has 1 aliphatic carbocycles. The van der Waals surface area contributed by atoms with Gasteiger partial charge in [-0.25, -0.2) is 9.97 Å². The highest BCUT2D eigenvalue weighted by atomic mass is 32.1. The quantitative estimate of drug-likeness (QED) is 0.581. The lowest BCUT2D eigenvalue weighted by Crippen LogP contribution is -2.03. The zero-order chi connectivity index (χ0) is 16.6. The van der Waals surface area contributed by atoms with Crippen LogP contribution in [0.4, 0.5) is 5.82 Å². The van der Waals surface area contributed by atoms with Crippen LogP contribution < -0.4 is 5.32 Å². The fourth-order valence-electron chi connectivity index (χ4n) is 2.75. The number of aromatic nitrogens is 4. The molecule has 7 heteroatoms. The number of nitrogens with one attached hydrogen (secondary N) is 1. The molecule has 0 aliphatic heterocycles. The number of pyridine rings is 1. The van der Waals surface area contributed by atoms with E-state index < -0.39 is 0 Å².